The number of nitrogens with zero attached hydrogens (tertiary/aromatic N) is 2. The second-order valence-corrected chi connectivity index (χ2v) is 7.24. The van der Waals surface area contributed by atoms with E-state index in [1.807, 2.05) is 35.0 Å². The number of carbonyl (C=O) groups excluding carboxylic acids is 1. The minimum Gasteiger partial charge on any atom is -0.350 e. The van der Waals surface area contributed by atoms with Crippen LogP contribution < -0.4 is 5.32 Å². The van der Waals surface area contributed by atoms with Gasteiger partial charge in [0.15, 0.2) is 9.84 Å². The van der Waals surface area contributed by atoms with E-state index in [9.17, 15) is 13.2 Å². The van der Waals surface area contributed by atoms with Crippen LogP contribution >= 0.6 is 0 Å². The van der Waals surface area contributed by atoms with Gasteiger partial charge in [-0.25, -0.2) is 13.4 Å². The smallest absolute Gasteiger partial charge is 0.224 e. The van der Waals surface area contributed by atoms with Crippen molar-refractivity contribution >= 4 is 21.4 Å². The fourth-order valence-electron chi connectivity index (χ4n) is 2.40. The van der Waals surface area contributed by atoms with Crippen LogP contribution in [0, 0.1) is 5.92 Å². The lowest BCUT2D eigenvalue weighted by Crippen LogP contribution is -2.31. The van der Waals surface area contributed by atoms with Crippen molar-refractivity contribution < 1.29 is 13.2 Å². The molecule has 0 bridgehead atoms. The monoisotopic (exact) mass is 293 g/mol. The summed E-state index contributed by atoms with van der Waals surface area (Å²) in [6.07, 6.45) is 4.15. The number of pyridine rings is 1. The van der Waals surface area contributed by atoms with Gasteiger partial charge < -0.3 is 9.72 Å². The summed E-state index contributed by atoms with van der Waals surface area (Å²) in [5.74, 6) is -0.552. The van der Waals surface area contributed by atoms with E-state index in [0.29, 0.717) is 13.0 Å². The number of sulfone groups is 1. The standard InChI is InChI=1S/C13H15N3O3S/c17-13(10-4-6-20(18,19)9-10)14-7-11-8-16-5-2-1-3-12(16)15-11/h1-3,5,8,10H,4,6-7,9H2,(H,14,17)/t10-/m1/s1. The Morgan fingerprint density at radius 3 is 3.00 bits per heavy atom. The minimum atomic E-state index is -3.02. The second-order valence-electron chi connectivity index (χ2n) is 5.02. The van der Waals surface area contributed by atoms with E-state index in [1.165, 1.54) is 0 Å². The molecule has 1 saturated heterocycles. The molecule has 20 heavy (non-hydrogen) atoms. The fourth-order valence-corrected chi connectivity index (χ4v) is 4.14. The Bertz CT molecular complexity index is 718. The number of imidazole rings is 1. The molecule has 0 unspecified atom stereocenters. The molecule has 0 aliphatic carbocycles. The first-order chi connectivity index (χ1) is 9.53. The highest BCUT2D eigenvalue weighted by Gasteiger charge is 2.32. The molecule has 7 heteroatoms. The van der Waals surface area contributed by atoms with Gasteiger partial charge in [-0.2, -0.15) is 0 Å². The molecule has 1 aliphatic rings. The zero-order chi connectivity index (χ0) is 14.2. The van der Waals surface area contributed by atoms with Crippen LogP contribution in [0.25, 0.3) is 5.65 Å². The van der Waals surface area contributed by atoms with Crippen molar-refractivity contribution in [3.05, 3.63) is 36.3 Å². The number of aromatic nitrogens is 2. The summed E-state index contributed by atoms with van der Waals surface area (Å²) in [4.78, 5) is 16.3. The average molecular weight is 293 g/mol. The Labute approximate surface area is 116 Å². The van der Waals surface area contributed by atoms with Crippen molar-refractivity contribution in [1.29, 1.82) is 0 Å². The Balaban J connectivity index is 1.63. The normalized spacial score (nSPS) is 21.1. The van der Waals surface area contributed by atoms with Crippen LogP contribution in [0.5, 0.6) is 0 Å². The lowest BCUT2D eigenvalue weighted by Gasteiger charge is -2.07. The molecule has 1 N–H and O–H groups in total. The summed E-state index contributed by atoms with van der Waals surface area (Å²) in [5, 5.41) is 2.76. The van der Waals surface area contributed by atoms with Gasteiger partial charge >= 0.3 is 0 Å². The highest BCUT2D eigenvalue weighted by Crippen LogP contribution is 2.18. The van der Waals surface area contributed by atoms with Crippen LogP contribution in [0.1, 0.15) is 12.1 Å². The number of rotatable bonds is 3. The molecular formula is C13H15N3O3S. The molecule has 1 aliphatic heterocycles. The number of hydrogen-bond donors (Lipinski definition) is 1. The van der Waals surface area contributed by atoms with Gasteiger partial charge in [0.2, 0.25) is 5.91 Å². The lowest BCUT2D eigenvalue weighted by molar-refractivity contribution is -0.124. The molecule has 2 aromatic heterocycles. The van der Waals surface area contributed by atoms with E-state index in [-0.39, 0.29) is 17.4 Å². The second kappa shape index (κ2) is 4.90. The maximum absolute atomic E-state index is 11.9. The van der Waals surface area contributed by atoms with E-state index >= 15 is 0 Å². The van der Waals surface area contributed by atoms with E-state index in [4.69, 9.17) is 0 Å². The third kappa shape index (κ3) is 2.67. The quantitative estimate of drug-likeness (QED) is 0.887. The van der Waals surface area contributed by atoms with Gasteiger partial charge in [0.1, 0.15) is 5.65 Å². The van der Waals surface area contributed by atoms with E-state index < -0.39 is 15.8 Å². The molecular weight excluding hydrogens is 278 g/mol. The Morgan fingerprint density at radius 1 is 1.45 bits per heavy atom. The van der Waals surface area contributed by atoms with Crippen LogP contribution in [-0.4, -0.2) is 35.2 Å². The van der Waals surface area contributed by atoms with Gasteiger partial charge in [-0.05, 0) is 18.6 Å². The van der Waals surface area contributed by atoms with Gasteiger partial charge in [-0.1, -0.05) is 6.07 Å². The first-order valence-corrected chi connectivity index (χ1v) is 8.26. The van der Waals surface area contributed by atoms with Crippen molar-refractivity contribution in [3.8, 4) is 0 Å². The molecule has 1 fully saturated rings. The number of fused-ring (bicyclic) bond motifs is 1. The van der Waals surface area contributed by atoms with E-state index in [2.05, 4.69) is 10.3 Å². The third-order valence-electron chi connectivity index (χ3n) is 3.46. The molecule has 0 radical (unpaired) electrons. The zero-order valence-corrected chi connectivity index (χ0v) is 11.6. The van der Waals surface area contributed by atoms with Crippen LogP contribution in [0.3, 0.4) is 0 Å². The van der Waals surface area contributed by atoms with Crippen molar-refractivity contribution in [3.63, 3.8) is 0 Å². The van der Waals surface area contributed by atoms with Crippen molar-refractivity contribution in [2.45, 2.75) is 13.0 Å². The van der Waals surface area contributed by atoms with Crippen LogP contribution in [0.4, 0.5) is 0 Å². The van der Waals surface area contributed by atoms with Gasteiger partial charge in [0, 0.05) is 12.4 Å². The Kier molecular flexibility index (Phi) is 3.21. The van der Waals surface area contributed by atoms with E-state index in [0.717, 1.165) is 11.3 Å². The summed E-state index contributed by atoms with van der Waals surface area (Å²) in [5.41, 5.74) is 1.57. The van der Waals surface area contributed by atoms with Gasteiger partial charge in [0.05, 0.1) is 29.7 Å². The highest BCUT2D eigenvalue weighted by molar-refractivity contribution is 7.91. The summed E-state index contributed by atoms with van der Waals surface area (Å²) >= 11 is 0. The topological polar surface area (TPSA) is 80.5 Å². The molecule has 1 atom stereocenters. The zero-order valence-electron chi connectivity index (χ0n) is 10.8. The largest absolute Gasteiger partial charge is 0.350 e. The minimum absolute atomic E-state index is 0.0377. The predicted molar refractivity (Wildman–Crippen MR) is 73.8 cm³/mol. The number of hydrogen-bond acceptors (Lipinski definition) is 4. The summed E-state index contributed by atoms with van der Waals surface area (Å²) in [6, 6.07) is 5.68. The predicted octanol–water partition coefficient (Wildman–Crippen LogP) is 0.385. The van der Waals surface area contributed by atoms with Crippen LogP contribution in [0.2, 0.25) is 0 Å². The molecule has 0 spiro atoms. The SMILES string of the molecule is O=C(NCc1cn2ccccc2n1)[C@@H]1CCS(=O)(=O)C1. The van der Waals surface area contributed by atoms with Gasteiger partial charge in [0.25, 0.3) is 0 Å². The van der Waals surface area contributed by atoms with Crippen LogP contribution in [-0.2, 0) is 21.2 Å². The Hall–Kier alpha value is -1.89. The van der Waals surface area contributed by atoms with Gasteiger partial charge in [-0.3, -0.25) is 4.79 Å². The Morgan fingerprint density at radius 2 is 2.30 bits per heavy atom. The van der Waals surface area contributed by atoms with Crippen molar-refractivity contribution in [2.75, 3.05) is 11.5 Å². The number of amides is 1. The molecule has 1 amide bonds. The molecule has 3 heterocycles. The average Bonchev–Trinajstić information content (AvgIpc) is 2.98. The maximum atomic E-state index is 11.9. The summed E-state index contributed by atoms with van der Waals surface area (Å²) in [7, 11) is -3.02. The first-order valence-electron chi connectivity index (χ1n) is 6.44. The molecule has 0 saturated carbocycles. The van der Waals surface area contributed by atoms with Crippen molar-refractivity contribution in [1.82, 2.24) is 14.7 Å². The number of nitrogens with one attached hydrogen (secondary N) is 1. The molecule has 6 nitrogen and oxygen atoms in total. The van der Waals surface area contributed by atoms with Crippen LogP contribution in [0.15, 0.2) is 30.6 Å². The summed E-state index contributed by atoms with van der Waals surface area (Å²) in [6.45, 7) is 0.317. The third-order valence-corrected chi connectivity index (χ3v) is 5.23. The maximum Gasteiger partial charge on any atom is 0.224 e. The molecule has 0 aromatic carbocycles. The number of carbonyl (C=O) groups is 1. The molecule has 3 rings (SSSR count). The lowest BCUT2D eigenvalue weighted by atomic mass is 10.1. The fraction of sp³-hybridized carbons (Fsp3) is 0.385. The van der Waals surface area contributed by atoms with Crippen molar-refractivity contribution in [2.24, 2.45) is 5.92 Å². The molecule has 106 valence electrons. The highest BCUT2D eigenvalue weighted by atomic mass is 32.2. The van der Waals surface area contributed by atoms with E-state index in [1.54, 1.807) is 0 Å². The van der Waals surface area contributed by atoms with Gasteiger partial charge in [-0.15, -0.1) is 0 Å². The first kappa shape index (κ1) is 13.1. The molecule has 2 aromatic rings. The summed E-state index contributed by atoms with van der Waals surface area (Å²) < 4.78 is 24.6.